The summed E-state index contributed by atoms with van der Waals surface area (Å²) in [4.78, 5) is 12.0. The summed E-state index contributed by atoms with van der Waals surface area (Å²) in [6.07, 6.45) is 4.17. The molecule has 0 atom stereocenters. The highest BCUT2D eigenvalue weighted by Crippen LogP contribution is 2.27. The Hall–Kier alpha value is -2.75. The molecule has 23 heavy (non-hydrogen) atoms. The summed E-state index contributed by atoms with van der Waals surface area (Å²) in [5.74, 6) is 1.12. The molecule has 0 aromatic heterocycles. The molecule has 2 aromatic carbocycles. The lowest BCUT2D eigenvalue weighted by molar-refractivity contribution is -0.111. The van der Waals surface area contributed by atoms with Crippen molar-refractivity contribution in [3.63, 3.8) is 0 Å². The van der Waals surface area contributed by atoms with Gasteiger partial charge in [0, 0.05) is 11.8 Å². The summed E-state index contributed by atoms with van der Waals surface area (Å²) >= 11 is 0. The van der Waals surface area contributed by atoms with Crippen molar-refractivity contribution in [2.24, 2.45) is 0 Å². The molecule has 1 N–H and O–H groups in total. The lowest BCUT2D eigenvalue weighted by Gasteiger charge is -2.07. The maximum absolute atomic E-state index is 12.0. The number of hydrogen-bond acceptors (Lipinski definition) is 3. The summed E-state index contributed by atoms with van der Waals surface area (Å²) in [5, 5.41) is 2.86. The topological polar surface area (TPSA) is 47.6 Å². The van der Waals surface area contributed by atoms with Crippen LogP contribution >= 0.6 is 0 Å². The van der Waals surface area contributed by atoms with E-state index in [1.165, 1.54) is 11.6 Å². The smallest absolute Gasteiger partial charge is 0.248 e. The number of nitrogens with one attached hydrogen (secondary N) is 1. The van der Waals surface area contributed by atoms with Crippen LogP contribution < -0.4 is 14.8 Å². The minimum atomic E-state index is -0.173. The molecular formula is C19H21NO3. The number of amides is 1. The van der Waals surface area contributed by atoms with Crippen LogP contribution in [0.2, 0.25) is 0 Å². The SMILES string of the molecule is CCc1cccc(NC(=O)C=Cc2ccc(OC)c(OC)c2)c1. The number of rotatable bonds is 6. The van der Waals surface area contributed by atoms with E-state index in [-0.39, 0.29) is 5.91 Å². The zero-order chi connectivity index (χ0) is 16.7. The van der Waals surface area contributed by atoms with Gasteiger partial charge in [0.1, 0.15) is 0 Å². The third-order valence-electron chi connectivity index (χ3n) is 3.44. The fraction of sp³-hybridized carbons (Fsp3) is 0.211. The molecule has 1 amide bonds. The zero-order valence-corrected chi connectivity index (χ0v) is 13.6. The second-order valence-electron chi connectivity index (χ2n) is 4.99. The van der Waals surface area contributed by atoms with Crippen LogP contribution in [0.3, 0.4) is 0 Å². The molecule has 0 aliphatic carbocycles. The minimum Gasteiger partial charge on any atom is -0.493 e. The number of hydrogen-bond donors (Lipinski definition) is 1. The Kier molecular flexibility index (Phi) is 5.80. The van der Waals surface area contributed by atoms with E-state index in [9.17, 15) is 4.79 Å². The molecule has 0 unspecified atom stereocenters. The number of carbonyl (C=O) groups excluding carboxylic acids is 1. The maximum atomic E-state index is 12.0. The van der Waals surface area contributed by atoms with Gasteiger partial charge in [0.15, 0.2) is 11.5 Å². The van der Waals surface area contributed by atoms with Crippen LogP contribution in [0.15, 0.2) is 48.5 Å². The third kappa shape index (κ3) is 4.61. The van der Waals surface area contributed by atoms with E-state index in [0.29, 0.717) is 11.5 Å². The molecule has 2 aromatic rings. The van der Waals surface area contributed by atoms with E-state index in [1.54, 1.807) is 26.4 Å². The summed E-state index contributed by atoms with van der Waals surface area (Å²) in [6, 6.07) is 13.3. The number of aryl methyl sites for hydroxylation is 1. The Morgan fingerprint density at radius 1 is 1.09 bits per heavy atom. The Balaban J connectivity index is 2.05. The van der Waals surface area contributed by atoms with Gasteiger partial charge in [-0.2, -0.15) is 0 Å². The summed E-state index contributed by atoms with van der Waals surface area (Å²) in [5.41, 5.74) is 2.85. The van der Waals surface area contributed by atoms with Crippen molar-refractivity contribution in [2.45, 2.75) is 13.3 Å². The van der Waals surface area contributed by atoms with Crippen molar-refractivity contribution in [1.29, 1.82) is 0 Å². The molecule has 0 spiro atoms. The Bertz CT molecular complexity index is 708. The van der Waals surface area contributed by atoms with E-state index in [2.05, 4.69) is 12.2 Å². The van der Waals surface area contributed by atoms with E-state index in [1.807, 2.05) is 36.4 Å². The van der Waals surface area contributed by atoms with Crippen LogP contribution in [0, 0.1) is 0 Å². The third-order valence-corrected chi connectivity index (χ3v) is 3.44. The molecule has 0 aliphatic rings. The fourth-order valence-electron chi connectivity index (χ4n) is 2.18. The highest BCUT2D eigenvalue weighted by Gasteiger charge is 2.03. The zero-order valence-electron chi connectivity index (χ0n) is 13.6. The van der Waals surface area contributed by atoms with Gasteiger partial charge in [-0.15, -0.1) is 0 Å². The second kappa shape index (κ2) is 8.03. The Labute approximate surface area is 136 Å². The van der Waals surface area contributed by atoms with Crippen LogP contribution in [-0.4, -0.2) is 20.1 Å². The van der Waals surface area contributed by atoms with Crippen molar-refractivity contribution in [3.8, 4) is 11.5 Å². The molecule has 0 fully saturated rings. The molecule has 4 heteroatoms. The lowest BCUT2D eigenvalue weighted by Crippen LogP contribution is -2.07. The van der Waals surface area contributed by atoms with Gasteiger partial charge in [-0.05, 0) is 47.9 Å². The number of methoxy groups -OCH3 is 2. The predicted molar refractivity (Wildman–Crippen MR) is 93.0 cm³/mol. The predicted octanol–water partition coefficient (Wildman–Crippen LogP) is 3.92. The Morgan fingerprint density at radius 2 is 1.87 bits per heavy atom. The first kappa shape index (κ1) is 16.6. The van der Waals surface area contributed by atoms with Gasteiger partial charge >= 0.3 is 0 Å². The number of ether oxygens (including phenoxy) is 2. The first-order valence-electron chi connectivity index (χ1n) is 7.46. The van der Waals surface area contributed by atoms with Gasteiger partial charge in [0.25, 0.3) is 0 Å². The molecule has 2 rings (SSSR count). The largest absolute Gasteiger partial charge is 0.493 e. The van der Waals surface area contributed by atoms with Gasteiger partial charge in [-0.25, -0.2) is 0 Å². The van der Waals surface area contributed by atoms with Gasteiger partial charge < -0.3 is 14.8 Å². The second-order valence-corrected chi connectivity index (χ2v) is 4.99. The number of anilines is 1. The van der Waals surface area contributed by atoms with Crippen molar-refractivity contribution in [2.75, 3.05) is 19.5 Å². The summed E-state index contributed by atoms with van der Waals surface area (Å²) in [7, 11) is 3.17. The van der Waals surface area contributed by atoms with Crippen LogP contribution in [0.1, 0.15) is 18.1 Å². The number of carbonyl (C=O) groups is 1. The highest BCUT2D eigenvalue weighted by atomic mass is 16.5. The lowest BCUT2D eigenvalue weighted by atomic mass is 10.1. The van der Waals surface area contributed by atoms with E-state index >= 15 is 0 Å². The minimum absolute atomic E-state index is 0.173. The molecule has 0 saturated carbocycles. The van der Waals surface area contributed by atoms with Crippen LogP contribution in [0.25, 0.3) is 6.08 Å². The van der Waals surface area contributed by atoms with Crippen molar-refractivity contribution < 1.29 is 14.3 Å². The fourth-order valence-corrected chi connectivity index (χ4v) is 2.18. The Morgan fingerprint density at radius 3 is 2.57 bits per heavy atom. The average molecular weight is 311 g/mol. The quantitative estimate of drug-likeness (QED) is 0.823. The number of benzene rings is 2. The summed E-state index contributed by atoms with van der Waals surface area (Å²) in [6.45, 7) is 2.08. The molecule has 120 valence electrons. The normalized spacial score (nSPS) is 10.6. The summed E-state index contributed by atoms with van der Waals surface area (Å²) < 4.78 is 10.4. The van der Waals surface area contributed by atoms with Crippen LogP contribution in [-0.2, 0) is 11.2 Å². The molecule has 0 bridgehead atoms. The van der Waals surface area contributed by atoms with E-state index < -0.39 is 0 Å². The molecule has 0 heterocycles. The van der Waals surface area contributed by atoms with Gasteiger partial charge in [-0.3, -0.25) is 4.79 Å². The monoisotopic (exact) mass is 311 g/mol. The van der Waals surface area contributed by atoms with E-state index in [0.717, 1.165) is 17.7 Å². The molecule has 0 radical (unpaired) electrons. The maximum Gasteiger partial charge on any atom is 0.248 e. The average Bonchev–Trinajstić information content (AvgIpc) is 2.59. The van der Waals surface area contributed by atoms with Crippen LogP contribution in [0.5, 0.6) is 11.5 Å². The van der Waals surface area contributed by atoms with Gasteiger partial charge in [-0.1, -0.05) is 25.1 Å². The van der Waals surface area contributed by atoms with Crippen molar-refractivity contribution in [3.05, 3.63) is 59.7 Å². The highest BCUT2D eigenvalue weighted by molar-refractivity contribution is 6.02. The van der Waals surface area contributed by atoms with Crippen molar-refractivity contribution >= 4 is 17.7 Å². The van der Waals surface area contributed by atoms with Crippen molar-refractivity contribution in [1.82, 2.24) is 0 Å². The van der Waals surface area contributed by atoms with E-state index in [4.69, 9.17) is 9.47 Å². The molecule has 4 nitrogen and oxygen atoms in total. The van der Waals surface area contributed by atoms with Crippen LogP contribution in [0.4, 0.5) is 5.69 Å². The molecular weight excluding hydrogens is 290 g/mol. The molecule has 0 saturated heterocycles. The molecule has 0 aliphatic heterocycles. The first-order chi connectivity index (χ1) is 11.2. The standard InChI is InChI=1S/C19H21NO3/c1-4-14-6-5-7-16(12-14)20-19(21)11-9-15-8-10-17(22-2)18(13-15)23-3/h5-13H,4H2,1-3H3,(H,20,21). The van der Waals surface area contributed by atoms with Gasteiger partial charge in [0.05, 0.1) is 14.2 Å². The first-order valence-corrected chi connectivity index (χ1v) is 7.46. The van der Waals surface area contributed by atoms with Gasteiger partial charge in [0.2, 0.25) is 5.91 Å².